The van der Waals surface area contributed by atoms with Crippen LogP contribution in [0.15, 0.2) is 0 Å². The molecule has 4 heteroatoms. The van der Waals surface area contributed by atoms with E-state index in [0.717, 1.165) is 13.0 Å². The van der Waals surface area contributed by atoms with Gasteiger partial charge in [-0.05, 0) is 27.4 Å². The van der Waals surface area contributed by atoms with Crippen LogP contribution in [0.3, 0.4) is 0 Å². The molecule has 13 heavy (non-hydrogen) atoms. The number of carbonyl (C=O) groups is 1. The van der Waals surface area contributed by atoms with Crippen LogP contribution in [0.25, 0.3) is 0 Å². The second kappa shape index (κ2) is 6.71. The lowest BCUT2D eigenvalue weighted by atomic mass is 10.3. The van der Waals surface area contributed by atoms with Gasteiger partial charge in [-0.3, -0.25) is 0 Å². The van der Waals surface area contributed by atoms with Gasteiger partial charge >= 0.3 is 6.09 Å². The van der Waals surface area contributed by atoms with E-state index in [1.54, 1.807) is 0 Å². The van der Waals surface area contributed by atoms with Crippen LogP contribution < -0.4 is 5.32 Å². The van der Waals surface area contributed by atoms with Gasteiger partial charge in [0.25, 0.3) is 0 Å². The van der Waals surface area contributed by atoms with Crippen LogP contribution in [0.1, 0.15) is 20.3 Å². The maximum atomic E-state index is 11.0. The van der Waals surface area contributed by atoms with Crippen molar-refractivity contribution >= 4 is 6.09 Å². The Morgan fingerprint density at radius 2 is 2.15 bits per heavy atom. The van der Waals surface area contributed by atoms with Crippen molar-refractivity contribution in [3.63, 3.8) is 0 Å². The number of nitrogens with zero attached hydrogens (tertiary/aromatic N) is 1. The molecule has 0 radical (unpaired) electrons. The predicted molar refractivity (Wildman–Crippen MR) is 52.8 cm³/mol. The van der Waals surface area contributed by atoms with Gasteiger partial charge in [0.2, 0.25) is 0 Å². The third-order valence-electron chi connectivity index (χ3n) is 1.75. The molecule has 0 saturated carbocycles. The molecule has 1 atom stereocenters. The molecular weight excluding hydrogens is 168 g/mol. The van der Waals surface area contributed by atoms with Gasteiger partial charge in [-0.1, -0.05) is 6.92 Å². The van der Waals surface area contributed by atoms with Crippen LogP contribution in [-0.4, -0.2) is 44.3 Å². The van der Waals surface area contributed by atoms with Crippen molar-refractivity contribution in [3.8, 4) is 0 Å². The van der Waals surface area contributed by atoms with Crippen LogP contribution >= 0.6 is 0 Å². The molecule has 0 heterocycles. The first-order valence-corrected chi connectivity index (χ1v) is 4.64. The number of hydrogen-bond donors (Lipinski definition) is 1. The standard InChI is InChI=1S/C9H20N2O2/c1-5-8(2)10-9(12)13-7-6-11(3)4/h8H,5-7H2,1-4H3,(H,10,12)/t8-/m1/s1. The fourth-order valence-corrected chi connectivity index (χ4v) is 0.666. The summed E-state index contributed by atoms with van der Waals surface area (Å²) in [5.74, 6) is 0. The number of alkyl carbamates (subject to hydrolysis) is 1. The summed E-state index contributed by atoms with van der Waals surface area (Å²) in [6, 6.07) is 0.187. The zero-order chi connectivity index (χ0) is 10.3. The maximum Gasteiger partial charge on any atom is 0.407 e. The molecule has 0 aliphatic rings. The summed E-state index contributed by atoms with van der Waals surface area (Å²) in [6.07, 6.45) is 0.596. The average molecular weight is 188 g/mol. The van der Waals surface area contributed by atoms with Crippen molar-refractivity contribution in [1.82, 2.24) is 10.2 Å². The lowest BCUT2D eigenvalue weighted by molar-refractivity contribution is 0.133. The van der Waals surface area contributed by atoms with E-state index in [1.807, 2.05) is 32.8 Å². The van der Waals surface area contributed by atoms with Gasteiger partial charge in [0.05, 0.1) is 0 Å². The zero-order valence-corrected chi connectivity index (χ0v) is 8.96. The van der Waals surface area contributed by atoms with Gasteiger partial charge < -0.3 is 15.0 Å². The molecule has 0 aromatic rings. The molecule has 0 bridgehead atoms. The molecule has 0 aromatic carbocycles. The van der Waals surface area contributed by atoms with Crippen molar-refractivity contribution in [2.24, 2.45) is 0 Å². The number of likely N-dealkylation sites (N-methyl/N-ethyl adjacent to an activating group) is 1. The van der Waals surface area contributed by atoms with Crippen molar-refractivity contribution in [3.05, 3.63) is 0 Å². The molecule has 4 nitrogen and oxygen atoms in total. The molecule has 0 fully saturated rings. The maximum absolute atomic E-state index is 11.0. The van der Waals surface area contributed by atoms with E-state index in [1.165, 1.54) is 0 Å². The quantitative estimate of drug-likeness (QED) is 0.701. The highest BCUT2D eigenvalue weighted by molar-refractivity contribution is 5.67. The molecule has 0 aromatic heterocycles. The van der Waals surface area contributed by atoms with Gasteiger partial charge in [0.15, 0.2) is 0 Å². The van der Waals surface area contributed by atoms with Gasteiger partial charge in [-0.15, -0.1) is 0 Å². The van der Waals surface area contributed by atoms with Crippen LogP contribution in [-0.2, 0) is 4.74 Å². The topological polar surface area (TPSA) is 41.6 Å². The molecule has 0 aliphatic carbocycles. The van der Waals surface area contributed by atoms with E-state index in [0.29, 0.717) is 6.61 Å². The normalized spacial score (nSPS) is 12.7. The largest absolute Gasteiger partial charge is 0.448 e. The highest BCUT2D eigenvalue weighted by Gasteiger charge is 2.05. The number of hydrogen-bond acceptors (Lipinski definition) is 3. The summed E-state index contributed by atoms with van der Waals surface area (Å²) < 4.78 is 4.93. The molecule has 1 N–H and O–H groups in total. The summed E-state index contributed by atoms with van der Waals surface area (Å²) >= 11 is 0. The van der Waals surface area contributed by atoms with Gasteiger partial charge in [-0.2, -0.15) is 0 Å². The summed E-state index contributed by atoms with van der Waals surface area (Å²) in [6.45, 7) is 5.17. The molecule has 1 amide bonds. The van der Waals surface area contributed by atoms with Gasteiger partial charge in [-0.25, -0.2) is 4.79 Å². The van der Waals surface area contributed by atoms with Crippen LogP contribution in [0.2, 0.25) is 0 Å². The van der Waals surface area contributed by atoms with E-state index in [9.17, 15) is 4.79 Å². The van der Waals surface area contributed by atoms with Crippen molar-refractivity contribution < 1.29 is 9.53 Å². The molecule has 0 spiro atoms. The van der Waals surface area contributed by atoms with E-state index >= 15 is 0 Å². The fourth-order valence-electron chi connectivity index (χ4n) is 0.666. The highest BCUT2D eigenvalue weighted by atomic mass is 16.5. The SMILES string of the molecule is CC[C@@H](C)NC(=O)OCCN(C)C. The first-order chi connectivity index (χ1) is 6.06. The predicted octanol–water partition coefficient (Wildman–Crippen LogP) is 1.07. The average Bonchev–Trinajstić information content (AvgIpc) is 2.03. The van der Waals surface area contributed by atoms with E-state index in [-0.39, 0.29) is 12.1 Å². The second-order valence-corrected chi connectivity index (χ2v) is 3.39. The molecule has 0 saturated heterocycles. The Morgan fingerprint density at radius 3 is 2.62 bits per heavy atom. The summed E-state index contributed by atoms with van der Waals surface area (Å²) in [5.41, 5.74) is 0. The molecule has 78 valence electrons. The Hall–Kier alpha value is -0.770. The summed E-state index contributed by atoms with van der Waals surface area (Å²) in [7, 11) is 3.88. The Morgan fingerprint density at radius 1 is 1.54 bits per heavy atom. The zero-order valence-electron chi connectivity index (χ0n) is 8.96. The first-order valence-electron chi connectivity index (χ1n) is 4.64. The lowest BCUT2D eigenvalue weighted by Gasteiger charge is -2.13. The van der Waals surface area contributed by atoms with Crippen LogP contribution in [0, 0.1) is 0 Å². The molecule has 0 rings (SSSR count). The number of rotatable bonds is 5. The van der Waals surface area contributed by atoms with Gasteiger partial charge in [0, 0.05) is 12.6 Å². The number of ether oxygens (including phenoxy) is 1. The summed E-state index contributed by atoms with van der Waals surface area (Å²) in [5, 5.41) is 2.72. The second-order valence-electron chi connectivity index (χ2n) is 3.39. The van der Waals surface area contributed by atoms with E-state index in [2.05, 4.69) is 5.32 Å². The Bertz CT molecular complexity index is 149. The van der Waals surface area contributed by atoms with Crippen molar-refractivity contribution in [2.75, 3.05) is 27.2 Å². The molecule has 0 aliphatic heterocycles. The minimum Gasteiger partial charge on any atom is -0.448 e. The minimum absolute atomic E-state index is 0.187. The molecular formula is C9H20N2O2. The van der Waals surface area contributed by atoms with Crippen molar-refractivity contribution in [2.45, 2.75) is 26.3 Å². The van der Waals surface area contributed by atoms with E-state index < -0.39 is 0 Å². The Labute approximate surface area is 80.2 Å². The van der Waals surface area contributed by atoms with E-state index in [4.69, 9.17) is 4.74 Å². The first kappa shape index (κ1) is 12.2. The monoisotopic (exact) mass is 188 g/mol. The minimum atomic E-state index is -0.323. The Balaban J connectivity index is 3.41. The number of nitrogens with one attached hydrogen (secondary N) is 1. The Kier molecular flexibility index (Phi) is 6.32. The third-order valence-corrected chi connectivity index (χ3v) is 1.75. The van der Waals surface area contributed by atoms with Crippen LogP contribution in [0.4, 0.5) is 4.79 Å². The molecule has 0 unspecified atom stereocenters. The third kappa shape index (κ3) is 7.59. The summed E-state index contributed by atoms with van der Waals surface area (Å²) in [4.78, 5) is 13.0. The van der Waals surface area contributed by atoms with Gasteiger partial charge in [0.1, 0.15) is 6.61 Å². The lowest BCUT2D eigenvalue weighted by Crippen LogP contribution is -2.33. The van der Waals surface area contributed by atoms with Crippen LogP contribution in [0.5, 0.6) is 0 Å². The number of amides is 1. The fraction of sp³-hybridized carbons (Fsp3) is 0.889. The highest BCUT2D eigenvalue weighted by Crippen LogP contribution is 1.89. The number of carbonyl (C=O) groups excluding carboxylic acids is 1. The smallest absolute Gasteiger partial charge is 0.407 e. The van der Waals surface area contributed by atoms with Crippen molar-refractivity contribution in [1.29, 1.82) is 0 Å².